The van der Waals surface area contributed by atoms with Gasteiger partial charge in [0.25, 0.3) is 0 Å². The molecule has 4 heteroatoms. The molecule has 82 valence electrons. The normalized spacial score (nSPS) is 11.9. The van der Waals surface area contributed by atoms with E-state index in [4.69, 9.17) is 4.74 Å². The summed E-state index contributed by atoms with van der Waals surface area (Å²) in [6.45, 7) is 2.48. The predicted octanol–water partition coefficient (Wildman–Crippen LogP) is 1.84. The molecule has 2 N–H and O–H groups in total. The Morgan fingerprint density at radius 3 is 2.67 bits per heavy atom. The molecular weight excluding hydrogens is 192 g/mol. The van der Waals surface area contributed by atoms with Crippen LogP contribution in [0.5, 0.6) is 0 Å². The minimum atomic E-state index is -0.427. The van der Waals surface area contributed by atoms with Gasteiger partial charge in [-0.05, 0) is 26.1 Å². The molecule has 4 nitrogen and oxygen atoms in total. The number of nitrogens with one attached hydrogen (secondary N) is 2. The van der Waals surface area contributed by atoms with E-state index in [0.717, 1.165) is 5.69 Å². The maximum absolute atomic E-state index is 11.3. The topological polar surface area (TPSA) is 50.4 Å². The van der Waals surface area contributed by atoms with Gasteiger partial charge in [0.1, 0.15) is 6.10 Å². The molecule has 1 unspecified atom stereocenters. The van der Waals surface area contributed by atoms with Crippen LogP contribution in [0, 0.1) is 0 Å². The monoisotopic (exact) mass is 208 g/mol. The van der Waals surface area contributed by atoms with Crippen LogP contribution in [0.2, 0.25) is 0 Å². The third-order valence-electron chi connectivity index (χ3n) is 1.82. The molecule has 1 atom stereocenters. The molecule has 0 aliphatic rings. The summed E-state index contributed by atoms with van der Waals surface area (Å²) in [5.74, 6) is 0. The summed E-state index contributed by atoms with van der Waals surface area (Å²) in [5, 5.41) is 5.57. The van der Waals surface area contributed by atoms with Crippen LogP contribution < -0.4 is 10.6 Å². The quantitative estimate of drug-likeness (QED) is 0.793. The summed E-state index contributed by atoms with van der Waals surface area (Å²) >= 11 is 0. The minimum absolute atomic E-state index is 0.140. The number of ether oxygens (including phenoxy) is 1. The van der Waals surface area contributed by atoms with Gasteiger partial charge in [0, 0.05) is 12.2 Å². The van der Waals surface area contributed by atoms with E-state index in [2.05, 4.69) is 10.6 Å². The molecule has 15 heavy (non-hydrogen) atoms. The lowest BCUT2D eigenvalue weighted by molar-refractivity contribution is 0.121. The van der Waals surface area contributed by atoms with Crippen molar-refractivity contribution in [1.29, 1.82) is 0 Å². The molecule has 0 aliphatic carbocycles. The molecular formula is C11H16N2O2. The van der Waals surface area contributed by atoms with E-state index in [9.17, 15) is 4.79 Å². The summed E-state index contributed by atoms with van der Waals surface area (Å²) in [4.78, 5) is 11.3. The number of hydrogen-bond acceptors (Lipinski definition) is 3. The number of benzene rings is 1. The predicted molar refractivity (Wildman–Crippen MR) is 59.9 cm³/mol. The van der Waals surface area contributed by atoms with E-state index in [1.165, 1.54) is 0 Å². The van der Waals surface area contributed by atoms with E-state index >= 15 is 0 Å². The first-order valence-corrected chi connectivity index (χ1v) is 4.89. The maximum Gasteiger partial charge on any atom is 0.411 e. The third-order valence-corrected chi connectivity index (χ3v) is 1.82. The van der Waals surface area contributed by atoms with E-state index < -0.39 is 6.09 Å². The highest BCUT2D eigenvalue weighted by Crippen LogP contribution is 2.05. The van der Waals surface area contributed by atoms with Gasteiger partial charge in [0.2, 0.25) is 0 Å². The molecule has 1 rings (SSSR count). The summed E-state index contributed by atoms with van der Waals surface area (Å²) in [6, 6.07) is 9.22. The Bertz CT molecular complexity index is 301. The van der Waals surface area contributed by atoms with Crippen LogP contribution in [0.15, 0.2) is 30.3 Å². The largest absolute Gasteiger partial charge is 0.445 e. The number of anilines is 1. The van der Waals surface area contributed by atoms with Crippen molar-refractivity contribution < 1.29 is 9.53 Å². The zero-order valence-corrected chi connectivity index (χ0v) is 8.99. The van der Waals surface area contributed by atoms with Crippen molar-refractivity contribution in [1.82, 2.24) is 5.32 Å². The lowest BCUT2D eigenvalue weighted by Crippen LogP contribution is -2.28. The van der Waals surface area contributed by atoms with Gasteiger partial charge >= 0.3 is 6.09 Å². The highest BCUT2D eigenvalue weighted by Gasteiger charge is 2.07. The second-order valence-electron chi connectivity index (χ2n) is 3.26. The van der Waals surface area contributed by atoms with Crippen LogP contribution in [0.4, 0.5) is 10.5 Å². The molecule has 0 aliphatic heterocycles. The second kappa shape index (κ2) is 6.03. The summed E-state index contributed by atoms with van der Waals surface area (Å²) in [6.07, 6.45) is -0.567. The van der Waals surface area contributed by atoms with Gasteiger partial charge in [-0.2, -0.15) is 0 Å². The molecule has 0 radical (unpaired) electrons. The fourth-order valence-electron chi connectivity index (χ4n) is 1.18. The van der Waals surface area contributed by atoms with Gasteiger partial charge in [0.15, 0.2) is 0 Å². The van der Waals surface area contributed by atoms with Crippen molar-refractivity contribution in [3.63, 3.8) is 0 Å². The number of rotatable bonds is 4. The Labute approximate surface area is 89.6 Å². The number of carbonyl (C=O) groups excluding carboxylic acids is 1. The number of para-hydroxylation sites is 1. The van der Waals surface area contributed by atoms with E-state index in [-0.39, 0.29) is 6.10 Å². The van der Waals surface area contributed by atoms with Gasteiger partial charge in [-0.15, -0.1) is 0 Å². The second-order valence-corrected chi connectivity index (χ2v) is 3.26. The Morgan fingerprint density at radius 2 is 2.07 bits per heavy atom. The highest BCUT2D eigenvalue weighted by atomic mass is 16.6. The maximum atomic E-state index is 11.3. The highest BCUT2D eigenvalue weighted by molar-refractivity contribution is 5.84. The first-order valence-electron chi connectivity index (χ1n) is 4.89. The molecule has 1 aromatic carbocycles. The van der Waals surface area contributed by atoms with Gasteiger partial charge in [0.05, 0.1) is 0 Å². The SMILES string of the molecule is CNCC(C)OC(=O)Nc1ccccc1. The van der Waals surface area contributed by atoms with Crippen LogP contribution >= 0.6 is 0 Å². The summed E-state index contributed by atoms with van der Waals surface area (Å²) in [5.41, 5.74) is 0.735. The van der Waals surface area contributed by atoms with Crippen LogP contribution in [0.1, 0.15) is 6.92 Å². The zero-order valence-electron chi connectivity index (χ0n) is 8.99. The van der Waals surface area contributed by atoms with Gasteiger partial charge in [-0.25, -0.2) is 4.79 Å². The summed E-state index contributed by atoms with van der Waals surface area (Å²) < 4.78 is 5.08. The van der Waals surface area contributed by atoms with Crippen molar-refractivity contribution >= 4 is 11.8 Å². The van der Waals surface area contributed by atoms with E-state index in [0.29, 0.717) is 6.54 Å². The Kier molecular flexibility index (Phi) is 4.63. The molecule has 1 aromatic rings. The molecule has 0 bridgehead atoms. The molecule has 0 aromatic heterocycles. The lowest BCUT2D eigenvalue weighted by atomic mass is 10.3. The van der Waals surface area contributed by atoms with Crippen molar-refractivity contribution in [2.45, 2.75) is 13.0 Å². The average molecular weight is 208 g/mol. The molecule has 0 spiro atoms. The standard InChI is InChI=1S/C11H16N2O2/c1-9(8-12-2)15-11(14)13-10-6-4-3-5-7-10/h3-7,9,12H,8H2,1-2H3,(H,13,14). The lowest BCUT2D eigenvalue weighted by Gasteiger charge is -2.13. The average Bonchev–Trinajstić information content (AvgIpc) is 2.19. The summed E-state index contributed by atoms with van der Waals surface area (Å²) in [7, 11) is 1.81. The Balaban J connectivity index is 2.36. The number of hydrogen-bond donors (Lipinski definition) is 2. The van der Waals surface area contributed by atoms with Crippen molar-refractivity contribution in [3.8, 4) is 0 Å². The zero-order chi connectivity index (χ0) is 11.1. The molecule has 0 fully saturated rings. The van der Waals surface area contributed by atoms with Crippen LogP contribution in [-0.4, -0.2) is 25.8 Å². The van der Waals surface area contributed by atoms with Crippen LogP contribution in [-0.2, 0) is 4.74 Å². The van der Waals surface area contributed by atoms with Crippen molar-refractivity contribution in [2.75, 3.05) is 18.9 Å². The smallest absolute Gasteiger partial charge is 0.411 e. The molecule has 0 saturated heterocycles. The minimum Gasteiger partial charge on any atom is -0.445 e. The van der Waals surface area contributed by atoms with Gasteiger partial charge < -0.3 is 10.1 Å². The van der Waals surface area contributed by atoms with Gasteiger partial charge in [-0.3, -0.25) is 5.32 Å². The number of likely N-dealkylation sites (N-methyl/N-ethyl adjacent to an activating group) is 1. The first-order chi connectivity index (χ1) is 7.22. The van der Waals surface area contributed by atoms with E-state index in [1.807, 2.05) is 44.3 Å². The van der Waals surface area contributed by atoms with Crippen molar-refractivity contribution in [2.24, 2.45) is 0 Å². The molecule has 0 saturated carbocycles. The van der Waals surface area contributed by atoms with Crippen LogP contribution in [0.3, 0.4) is 0 Å². The fourth-order valence-corrected chi connectivity index (χ4v) is 1.18. The number of amides is 1. The first kappa shape index (κ1) is 11.5. The van der Waals surface area contributed by atoms with Crippen molar-refractivity contribution in [3.05, 3.63) is 30.3 Å². The molecule has 1 amide bonds. The third kappa shape index (κ3) is 4.46. The van der Waals surface area contributed by atoms with Gasteiger partial charge in [-0.1, -0.05) is 18.2 Å². The van der Waals surface area contributed by atoms with E-state index in [1.54, 1.807) is 0 Å². The Morgan fingerprint density at radius 1 is 1.40 bits per heavy atom. The Hall–Kier alpha value is -1.55. The molecule has 0 heterocycles. The number of carbonyl (C=O) groups is 1. The van der Waals surface area contributed by atoms with Crippen LogP contribution in [0.25, 0.3) is 0 Å². The fraction of sp³-hybridized carbons (Fsp3) is 0.364.